The molecule has 2 unspecified atom stereocenters. The molecule has 1 saturated heterocycles. The summed E-state index contributed by atoms with van der Waals surface area (Å²) in [6, 6.07) is 3.59. The molecule has 2 aliphatic heterocycles. The van der Waals surface area contributed by atoms with Crippen LogP contribution in [0.3, 0.4) is 0 Å². The second-order valence-corrected chi connectivity index (χ2v) is 8.24. The highest BCUT2D eigenvalue weighted by molar-refractivity contribution is 7.92. The number of amides is 1. The van der Waals surface area contributed by atoms with E-state index in [1.165, 1.54) is 9.21 Å². The molecule has 2 aliphatic rings. The Labute approximate surface area is 146 Å². The number of aliphatic carboxylic acids is 1. The molecule has 2 heterocycles. The summed E-state index contributed by atoms with van der Waals surface area (Å²) in [6.45, 7) is 2.27. The van der Waals surface area contributed by atoms with Crippen molar-refractivity contribution in [3.8, 4) is 0 Å². The molecule has 1 N–H and O–H groups in total. The van der Waals surface area contributed by atoms with Gasteiger partial charge in [0, 0.05) is 18.2 Å². The predicted octanol–water partition coefficient (Wildman–Crippen LogP) is 0.323. The van der Waals surface area contributed by atoms with Crippen LogP contribution in [-0.4, -0.2) is 68.4 Å². The highest BCUT2D eigenvalue weighted by atomic mass is 32.2. The van der Waals surface area contributed by atoms with Gasteiger partial charge in [-0.3, -0.25) is 9.10 Å². The van der Waals surface area contributed by atoms with Gasteiger partial charge in [0.2, 0.25) is 10.0 Å². The van der Waals surface area contributed by atoms with Gasteiger partial charge >= 0.3 is 5.97 Å². The molecule has 25 heavy (non-hydrogen) atoms. The molecular weight excluding hydrogens is 348 g/mol. The van der Waals surface area contributed by atoms with Crippen molar-refractivity contribution in [2.45, 2.75) is 25.4 Å². The molecule has 1 aromatic rings. The number of carbonyl (C=O) groups is 2. The van der Waals surface area contributed by atoms with Gasteiger partial charge in [-0.05, 0) is 37.1 Å². The summed E-state index contributed by atoms with van der Waals surface area (Å²) >= 11 is 0. The van der Waals surface area contributed by atoms with Gasteiger partial charge < -0.3 is 14.7 Å². The van der Waals surface area contributed by atoms with Crippen LogP contribution in [0.25, 0.3) is 0 Å². The summed E-state index contributed by atoms with van der Waals surface area (Å²) in [6.07, 6.45) is 1.66. The van der Waals surface area contributed by atoms with Crippen molar-refractivity contribution >= 4 is 27.6 Å². The molecule has 0 spiro atoms. The highest BCUT2D eigenvalue weighted by Crippen LogP contribution is 2.35. The average Bonchev–Trinajstić information content (AvgIpc) is 2.88. The van der Waals surface area contributed by atoms with Gasteiger partial charge in [0.15, 0.2) is 6.04 Å². The second kappa shape index (κ2) is 6.30. The lowest BCUT2D eigenvalue weighted by Gasteiger charge is -2.33. The largest absolute Gasteiger partial charge is 0.480 e. The van der Waals surface area contributed by atoms with E-state index in [-0.39, 0.29) is 25.1 Å². The Bertz CT molecular complexity index is 822. The van der Waals surface area contributed by atoms with E-state index in [4.69, 9.17) is 4.74 Å². The van der Waals surface area contributed by atoms with Crippen LogP contribution in [0.1, 0.15) is 22.8 Å². The van der Waals surface area contributed by atoms with Crippen LogP contribution in [-0.2, 0) is 26.0 Å². The molecule has 0 aromatic heterocycles. The molecule has 9 heteroatoms. The number of sulfonamides is 1. The lowest BCUT2D eigenvalue weighted by molar-refractivity contribution is -0.147. The molecule has 1 aromatic carbocycles. The SMILES string of the molecule is CC1Cc2cc(C(=O)N3CCOCC3C(=O)O)ccc2N1S(C)(=O)=O. The van der Waals surface area contributed by atoms with E-state index in [1.54, 1.807) is 18.2 Å². The molecule has 136 valence electrons. The Morgan fingerprint density at radius 1 is 1.32 bits per heavy atom. The number of anilines is 1. The maximum absolute atomic E-state index is 12.7. The van der Waals surface area contributed by atoms with Gasteiger partial charge in [0.25, 0.3) is 5.91 Å². The summed E-state index contributed by atoms with van der Waals surface area (Å²) in [5.74, 6) is -1.49. The molecule has 0 saturated carbocycles. The Hall–Kier alpha value is -2.13. The third kappa shape index (κ3) is 3.21. The number of rotatable bonds is 3. The lowest BCUT2D eigenvalue weighted by atomic mass is 10.0. The first-order valence-electron chi connectivity index (χ1n) is 7.94. The minimum Gasteiger partial charge on any atom is -0.480 e. The van der Waals surface area contributed by atoms with Crippen molar-refractivity contribution in [2.24, 2.45) is 0 Å². The fourth-order valence-corrected chi connectivity index (χ4v) is 4.72. The van der Waals surface area contributed by atoms with E-state index in [0.717, 1.165) is 11.8 Å². The summed E-state index contributed by atoms with van der Waals surface area (Å²) in [4.78, 5) is 25.4. The van der Waals surface area contributed by atoms with Gasteiger partial charge in [-0.2, -0.15) is 0 Å². The van der Waals surface area contributed by atoms with Crippen molar-refractivity contribution in [1.82, 2.24) is 4.90 Å². The zero-order chi connectivity index (χ0) is 18.4. The van der Waals surface area contributed by atoms with E-state index < -0.39 is 22.0 Å². The Morgan fingerprint density at radius 3 is 2.68 bits per heavy atom. The van der Waals surface area contributed by atoms with Gasteiger partial charge in [-0.1, -0.05) is 0 Å². The summed E-state index contributed by atoms with van der Waals surface area (Å²) in [7, 11) is -3.39. The molecule has 2 atom stereocenters. The highest BCUT2D eigenvalue weighted by Gasteiger charge is 2.36. The van der Waals surface area contributed by atoms with Gasteiger partial charge in [0.05, 0.1) is 25.2 Å². The standard InChI is InChI=1S/C16H20N2O6S/c1-10-7-12-8-11(3-4-13(12)18(10)25(2,22)23)15(19)17-5-6-24-9-14(17)16(20)21/h3-4,8,10,14H,5-7,9H2,1-2H3,(H,20,21). The van der Waals surface area contributed by atoms with Crippen molar-refractivity contribution in [2.75, 3.05) is 30.3 Å². The van der Waals surface area contributed by atoms with Crippen molar-refractivity contribution in [3.05, 3.63) is 29.3 Å². The quantitative estimate of drug-likeness (QED) is 0.824. The number of ether oxygens (including phenoxy) is 1. The number of hydrogen-bond acceptors (Lipinski definition) is 5. The van der Waals surface area contributed by atoms with E-state index >= 15 is 0 Å². The van der Waals surface area contributed by atoms with Crippen LogP contribution < -0.4 is 4.31 Å². The maximum atomic E-state index is 12.7. The molecule has 8 nitrogen and oxygen atoms in total. The number of nitrogens with zero attached hydrogens (tertiary/aromatic N) is 2. The number of fused-ring (bicyclic) bond motifs is 1. The number of benzene rings is 1. The molecule has 0 aliphatic carbocycles. The van der Waals surface area contributed by atoms with Crippen LogP contribution in [0.15, 0.2) is 18.2 Å². The molecule has 0 radical (unpaired) electrons. The predicted molar refractivity (Wildman–Crippen MR) is 90.2 cm³/mol. The first-order chi connectivity index (χ1) is 11.7. The van der Waals surface area contributed by atoms with Gasteiger partial charge in [-0.15, -0.1) is 0 Å². The van der Waals surface area contributed by atoms with Crippen molar-refractivity contribution in [3.63, 3.8) is 0 Å². The third-order valence-corrected chi connectivity index (χ3v) is 5.78. The summed E-state index contributed by atoms with van der Waals surface area (Å²) in [5.41, 5.74) is 1.70. The van der Waals surface area contributed by atoms with Crippen molar-refractivity contribution < 1.29 is 27.9 Å². The van der Waals surface area contributed by atoms with E-state index in [2.05, 4.69) is 0 Å². The molecule has 3 rings (SSSR count). The van der Waals surface area contributed by atoms with Crippen molar-refractivity contribution in [1.29, 1.82) is 0 Å². The van der Waals surface area contributed by atoms with Gasteiger partial charge in [-0.25, -0.2) is 13.2 Å². The first-order valence-corrected chi connectivity index (χ1v) is 9.79. The maximum Gasteiger partial charge on any atom is 0.328 e. The smallest absolute Gasteiger partial charge is 0.328 e. The number of morpholine rings is 1. The molecular formula is C16H20N2O6S. The van der Waals surface area contributed by atoms with E-state index in [9.17, 15) is 23.1 Å². The lowest BCUT2D eigenvalue weighted by Crippen LogP contribution is -2.52. The summed E-state index contributed by atoms with van der Waals surface area (Å²) < 4.78 is 30.4. The fourth-order valence-electron chi connectivity index (χ4n) is 3.46. The minimum absolute atomic E-state index is 0.0368. The first kappa shape index (κ1) is 17.7. The number of carboxylic acids is 1. The van der Waals surface area contributed by atoms with Crippen LogP contribution in [0.2, 0.25) is 0 Å². The van der Waals surface area contributed by atoms with Crippen LogP contribution in [0.5, 0.6) is 0 Å². The fraction of sp³-hybridized carbons (Fsp3) is 0.500. The number of carbonyl (C=O) groups excluding carboxylic acids is 1. The van der Waals surface area contributed by atoms with Crippen LogP contribution >= 0.6 is 0 Å². The van der Waals surface area contributed by atoms with E-state index in [0.29, 0.717) is 24.3 Å². The van der Waals surface area contributed by atoms with Gasteiger partial charge in [0.1, 0.15) is 0 Å². The van der Waals surface area contributed by atoms with Crippen LogP contribution in [0, 0.1) is 0 Å². The second-order valence-electron chi connectivity index (χ2n) is 6.38. The average molecular weight is 368 g/mol. The van der Waals surface area contributed by atoms with Crippen LogP contribution in [0.4, 0.5) is 5.69 Å². The normalized spacial score (nSPS) is 23.4. The monoisotopic (exact) mass is 368 g/mol. The zero-order valence-electron chi connectivity index (χ0n) is 14.0. The zero-order valence-corrected chi connectivity index (χ0v) is 14.8. The number of hydrogen-bond donors (Lipinski definition) is 1. The third-order valence-electron chi connectivity index (χ3n) is 4.51. The Balaban J connectivity index is 1.92. The Kier molecular flexibility index (Phi) is 4.46. The topological polar surface area (TPSA) is 104 Å². The molecule has 1 fully saturated rings. The minimum atomic E-state index is -3.39. The van der Waals surface area contributed by atoms with E-state index in [1.807, 2.05) is 6.92 Å². The number of carboxylic acid groups (broad SMARTS) is 1. The molecule has 0 bridgehead atoms. The molecule has 1 amide bonds. The Morgan fingerprint density at radius 2 is 2.04 bits per heavy atom. The summed E-state index contributed by atoms with van der Waals surface area (Å²) in [5, 5.41) is 9.27.